The molecule has 1 saturated heterocycles. The maximum absolute atomic E-state index is 12.7. The highest BCUT2D eigenvalue weighted by Crippen LogP contribution is 2.31. The second kappa shape index (κ2) is 6.26. The second-order valence-corrected chi connectivity index (χ2v) is 7.71. The number of aromatic nitrogens is 1. The lowest BCUT2D eigenvalue weighted by Crippen LogP contribution is -2.48. The molecule has 2 heterocycles. The number of nitrogens with zero attached hydrogens (tertiary/aromatic N) is 3. The van der Waals surface area contributed by atoms with Gasteiger partial charge in [0.2, 0.25) is 0 Å². The van der Waals surface area contributed by atoms with Gasteiger partial charge in [-0.1, -0.05) is 0 Å². The average molecular weight is 323 g/mol. The van der Waals surface area contributed by atoms with Gasteiger partial charge in [-0.25, -0.2) is 4.98 Å². The van der Waals surface area contributed by atoms with Crippen molar-refractivity contribution in [3.8, 4) is 0 Å². The number of rotatable bonds is 3. The SMILES string of the molecule is Cc1nc(C)c(C(=O)N(C)[C@@H]2CC[C@@H](N3CCCC3)[C@@H]2O)s1. The Balaban J connectivity index is 1.71. The number of hydrogen-bond acceptors (Lipinski definition) is 5. The first-order valence-corrected chi connectivity index (χ1v) is 8.94. The van der Waals surface area contributed by atoms with Gasteiger partial charge in [0.1, 0.15) is 4.88 Å². The van der Waals surface area contributed by atoms with E-state index in [9.17, 15) is 9.90 Å². The number of carbonyl (C=O) groups is 1. The summed E-state index contributed by atoms with van der Waals surface area (Å²) in [5.41, 5.74) is 0.794. The molecule has 1 amide bonds. The Bertz CT molecular complexity index is 554. The lowest BCUT2D eigenvalue weighted by Gasteiger charge is -2.31. The first-order chi connectivity index (χ1) is 10.5. The van der Waals surface area contributed by atoms with Crippen LogP contribution in [0.15, 0.2) is 0 Å². The van der Waals surface area contributed by atoms with Crippen LogP contribution in [0, 0.1) is 13.8 Å². The van der Waals surface area contributed by atoms with Crippen molar-refractivity contribution in [1.29, 1.82) is 0 Å². The fraction of sp³-hybridized carbons (Fsp3) is 0.750. The summed E-state index contributed by atoms with van der Waals surface area (Å²) in [6.07, 6.45) is 3.86. The van der Waals surface area contributed by atoms with Crippen LogP contribution in [0.25, 0.3) is 0 Å². The summed E-state index contributed by atoms with van der Waals surface area (Å²) in [4.78, 5) is 21.9. The molecule has 1 aliphatic carbocycles. The Kier molecular flexibility index (Phi) is 4.52. The predicted molar refractivity (Wildman–Crippen MR) is 87.3 cm³/mol. The van der Waals surface area contributed by atoms with Crippen molar-refractivity contribution in [3.63, 3.8) is 0 Å². The molecule has 0 bridgehead atoms. The number of hydrogen-bond donors (Lipinski definition) is 1. The summed E-state index contributed by atoms with van der Waals surface area (Å²) in [7, 11) is 1.82. The quantitative estimate of drug-likeness (QED) is 0.922. The van der Waals surface area contributed by atoms with E-state index in [-0.39, 0.29) is 18.0 Å². The molecular formula is C16H25N3O2S. The average Bonchev–Trinajstić information content (AvgIpc) is 3.18. The lowest BCUT2D eigenvalue weighted by molar-refractivity contribution is 0.0298. The van der Waals surface area contributed by atoms with Crippen LogP contribution in [-0.4, -0.2) is 64.1 Å². The first-order valence-electron chi connectivity index (χ1n) is 8.12. The molecule has 22 heavy (non-hydrogen) atoms. The molecule has 1 aromatic heterocycles. The third-order valence-electron chi connectivity index (χ3n) is 5.07. The smallest absolute Gasteiger partial charge is 0.265 e. The molecule has 0 aromatic carbocycles. The van der Waals surface area contributed by atoms with E-state index in [0.29, 0.717) is 4.88 Å². The lowest BCUT2D eigenvalue weighted by atomic mass is 10.1. The predicted octanol–water partition coefficient (Wildman–Crippen LogP) is 1.82. The molecule has 2 fully saturated rings. The highest BCUT2D eigenvalue weighted by Gasteiger charge is 2.42. The van der Waals surface area contributed by atoms with Crippen molar-refractivity contribution >= 4 is 17.2 Å². The Morgan fingerprint density at radius 2 is 2.00 bits per heavy atom. The van der Waals surface area contributed by atoms with Gasteiger partial charge < -0.3 is 10.0 Å². The van der Waals surface area contributed by atoms with Crippen LogP contribution in [0.3, 0.4) is 0 Å². The molecule has 6 heteroatoms. The highest BCUT2D eigenvalue weighted by atomic mass is 32.1. The molecular weight excluding hydrogens is 298 g/mol. The van der Waals surface area contributed by atoms with Crippen molar-refractivity contribution in [1.82, 2.24) is 14.8 Å². The zero-order valence-corrected chi connectivity index (χ0v) is 14.4. The maximum atomic E-state index is 12.7. The van der Waals surface area contributed by atoms with Crippen molar-refractivity contribution in [2.45, 2.75) is 57.7 Å². The zero-order chi connectivity index (χ0) is 15.9. The number of aliphatic hydroxyl groups is 1. The third-order valence-corrected chi connectivity index (χ3v) is 6.13. The van der Waals surface area contributed by atoms with Crippen LogP contribution in [0.5, 0.6) is 0 Å². The van der Waals surface area contributed by atoms with E-state index >= 15 is 0 Å². The Morgan fingerprint density at radius 3 is 2.59 bits per heavy atom. The number of carbonyl (C=O) groups excluding carboxylic acids is 1. The van der Waals surface area contributed by atoms with Gasteiger partial charge in [-0.3, -0.25) is 9.69 Å². The standard InChI is InChI=1S/C16H25N3O2S/c1-10-15(22-11(2)17-10)16(21)18(3)12-6-7-13(14(12)20)19-8-4-5-9-19/h12-14,20H,4-9H2,1-3H3/t12-,13-,14-/m1/s1. The summed E-state index contributed by atoms with van der Waals surface area (Å²) < 4.78 is 0. The van der Waals surface area contributed by atoms with Crippen molar-refractivity contribution < 1.29 is 9.90 Å². The van der Waals surface area contributed by atoms with E-state index in [0.717, 1.165) is 36.6 Å². The molecule has 3 rings (SSSR count). The molecule has 122 valence electrons. The Hall–Kier alpha value is -0.980. The molecule has 1 saturated carbocycles. The third kappa shape index (κ3) is 2.79. The number of thiazole rings is 1. The Morgan fingerprint density at radius 1 is 1.32 bits per heavy atom. The molecule has 1 aliphatic heterocycles. The van der Waals surface area contributed by atoms with E-state index in [2.05, 4.69) is 9.88 Å². The topological polar surface area (TPSA) is 56.7 Å². The summed E-state index contributed by atoms with van der Waals surface area (Å²) in [5.74, 6) is -0.00535. The van der Waals surface area contributed by atoms with Crippen molar-refractivity contribution in [2.75, 3.05) is 20.1 Å². The van der Waals surface area contributed by atoms with Gasteiger partial charge >= 0.3 is 0 Å². The summed E-state index contributed by atoms with van der Waals surface area (Å²) >= 11 is 1.44. The van der Waals surface area contributed by atoms with Gasteiger partial charge in [0.25, 0.3) is 5.91 Å². The number of likely N-dealkylation sites (N-methyl/N-ethyl adjacent to an activating group) is 1. The first kappa shape index (κ1) is 15.9. The molecule has 0 unspecified atom stereocenters. The highest BCUT2D eigenvalue weighted by molar-refractivity contribution is 7.13. The summed E-state index contributed by atoms with van der Waals surface area (Å²) in [6, 6.07) is 0.131. The van der Waals surface area contributed by atoms with Crippen molar-refractivity contribution in [3.05, 3.63) is 15.6 Å². The largest absolute Gasteiger partial charge is 0.389 e. The van der Waals surface area contributed by atoms with Gasteiger partial charge in [-0.05, 0) is 52.6 Å². The van der Waals surface area contributed by atoms with Crippen LogP contribution >= 0.6 is 11.3 Å². The van der Waals surface area contributed by atoms with Crippen LogP contribution < -0.4 is 0 Å². The number of aryl methyl sites for hydroxylation is 2. The molecule has 1 aromatic rings. The van der Waals surface area contributed by atoms with Gasteiger partial charge in [-0.2, -0.15) is 0 Å². The number of likely N-dealkylation sites (tertiary alicyclic amines) is 1. The molecule has 0 spiro atoms. The molecule has 5 nitrogen and oxygen atoms in total. The fourth-order valence-corrected chi connectivity index (χ4v) is 4.78. The van der Waals surface area contributed by atoms with Gasteiger partial charge in [0.15, 0.2) is 0 Å². The van der Waals surface area contributed by atoms with E-state index in [1.165, 1.54) is 24.2 Å². The minimum absolute atomic E-state index is 0.00535. The Labute approximate surface area is 135 Å². The summed E-state index contributed by atoms with van der Waals surface area (Å²) in [6.45, 7) is 5.96. The zero-order valence-electron chi connectivity index (χ0n) is 13.6. The fourth-order valence-electron chi connectivity index (χ4n) is 3.87. The number of amides is 1. The van der Waals surface area contributed by atoms with Gasteiger partial charge in [0, 0.05) is 13.1 Å². The van der Waals surface area contributed by atoms with E-state index in [1.807, 2.05) is 20.9 Å². The van der Waals surface area contributed by atoms with Crippen LogP contribution in [0.2, 0.25) is 0 Å². The van der Waals surface area contributed by atoms with Crippen LogP contribution in [0.1, 0.15) is 46.1 Å². The monoisotopic (exact) mass is 323 g/mol. The van der Waals surface area contributed by atoms with Gasteiger partial charge in [0.05, 0.1) is 22.8 Å². The van der Waals surface area contributed by atoms with Crippen molar-refractivity contribution in [2.24, 2.45) is 0 Å². The van der Waals surface area contributed by atoms with E-state index in [4.69, 9.17) is 0 Å². The molecule has 2 aliphatic rings. The molecule has 0 radical (unpaired) electrons. The summed E-state index contributed by atoms with van der Waals surface area (Å²) in [5, 5.41) is 11.6. The number of aliphatic hydroxyl groups excluding tert-OH is 1. The second-order valence-electron chi connectivity index (χ2n) is 6.51. The van der Waals surface area contributed by atoms with Crippen LogP contribution in [-0.2, 0) is 0 Å². The maximum Gasteiger partial charge on any atom is 0.265 e. The minimum Gasteiger partial charge on any atom is -0.389 e. The minimum atomic E-state index is -0.443. The normalized spacial score (nSPS) is 29.2. The molecule has 1 N–H and O–H groups in total. The molecule has 3 atom stereocenters. The van der Waals surface area contributed by atoms with Gasteiger partial charge in [-0.15, -0.1) is 11.3 Å². The van der Waals surface area contributed by atoms with E-state index in [1.54, 1.807) is 4.90 Å². The van der Waals surface area contributed by atoms with E-state index < -0.39 is 6.10 Å². The van der Waals surface area contributed by atoms with Crippen LogP contribution in [0.4, 0.5) is 0 Å².